The van der Waals surface area contributed by atoms with Crippen molar-refractivity contribution in [2.24, 2.45) is 11.8 Å². The molecule has 1 aromatic rings. The highest BCUT2D eigenvalue weighted by Gasteiger charge is 2.22. The first-order valence-electron chi connectivity index (χ1n) is 7.33. The predicted octanol–water partition coefficient (Wildman–Crippen LogP) is 3.45. The average molecular weight is 344 g/mol. The lowest BCUT2D eigenvalue weighted by Crippen LogP contribution is -2.41. The highest BCUT2D eigenvalue weighted by Crippen LogP contribution is 2.25. The SMILES string of the molecule is CC(C)CNCC1CCCN(c2ncc(Br)cc2F)C1. The number of nitrogens with zero attached hydrogens (tertiary/aromatic N) is 2. The largest absolute Gasteiger partial charge is 0.354 e. The molecule has 0 saturated carbocycles. The Morgan fingerprint density at radius 2 is 2.35 bits per heavy atom. The second kappa shape index (κ2) is 7.36. The zero-order chi connectivity index (χ0) is 14.5. The summed E-state index contributed by atoms with van der Waals surface area (Å²) in [6.07, 6.45) is 3.98. The van der Waals surface area contributed by atoms with Crippen LogP contribution in [0.25, 0.3) is 0 Å². The molecule has 0 aromatic carbocycles. The molecule has 1 aliphatic rings. The molecule has 2 rings (SSSR count). The van der Waals surface area contributed by atoms with Crippen molar-refractivity contribution in [3.05, 3.63) is 22.6 Å². The molecule has 2 heterocycles. The molecule has 1 atom stereocenters. The van der Waals surface area contributed by atoms with Crippen LogP contribution in [0.2, 0.25) is 0 Å². The van der Waals surface area contributed by atoms with Crippen LogP contribution in [0.1, 0.15) is 26.7 Å². The number of piperidine rings is 1. The van der Waals surface area contributed by atoms with Gasteiger partial charge in [-0.2, -0.15) is 0 Å². The highest BCUT2D eigenvalue weighted by atomic mass is 79.9. The molecule has 1 fully saturated rings. The molecule has 0 aliphatic carbocycles. The van der Waals surface area contributed by atoms with E-state index in [9.17, 15) is 4.39 Å². The van der Waals surface area contributed by atoms with Crippen LogP contribution in [-0.4, -0.2) is 31.2 Å². The maximum Gasteiger partial charge on any atom is 0.166 e. The molecular weight excluding hydrogens is 321 g/mol. The van der Waals surface area contributed by atoms with E-state index in [0.717, 1.165) is 32.6 Å². The van der Waals surface area contributed by atoms with E-state index >= 15 is 0 Å². The quantitative estimate of drug-likeness (QED) is 0.887. The van der Waals surface area contributed by atoms with Gasteiger partial charge in [0.05, 0.1) is 0 Å². The average Bonchev–Trinajstić information content (AvgIpc) is 2.38. The molecule has 0 radical (unpaired) electrons. The Hall–Kier alpha value is -0.680. The number of halogens is 2. The summed E-state index contributed by atoms with van der Waals surface area (Å²) in [7, 11) is 0. The molecule has 1 aliphatic heterocycles. The zero-order valence-corrected chi connectivity index (χ0v) is 13.8. The third-order valence-electron chi connectivity index (χ3n) is 3.59. The van der Waals surface area contributed by atoms with Crippen LogP contribution < -0.4 is 10.2 Å². The number of aromatic nitrogens is 1. The van der Waals surface area contributed by atoms with E-state index < -0.39 is 0 Å². The number of hydrogen-bond acceptors (Lipinski definition) is 3. The smallest absolute Gasteiger partial charge is 0.166 e. The van der Waals surface area contributed by atoms with Gasteiger partial charge in [-0.05, 0) is 59.8 Å². The lowest BCUT2D eigenvalue weighted by molar-refractivity contribution is 0.379. The normalized spacial score (nSPS) is 19.6. The Labute approximate surface area is 129 Å². The fourth-order valence-corrected chi connectivity index (χ4v) is 2.94. The van der Waals surface area contributed by atoms with E-state index in [4.69, 9.17) is 0 Å². The maximum absolute atomic E-state index is 14.0. The lowest BCUT2D eigenvalue weighted by atomic mass is 9.97. The first kappa shape index (κ1) is 15.7. The fraction of sp³-hybridized carbons (Fsp3) is 0.667. The predicted molar refractivity (Wildman–Crippen MR) is 84.5 cm³/mol. The van der Waals surface area contributed by atoms with Gasteiger partial charge < -0.3 is 10.2 Å². The van der Waals surface area contributed by atoms with E-state index in [1.54, 1.807) is 6.20 Å². The monoisotopic (exact) mass is 343 g/mol. The van der Waals surface area contributed by atoms with Gasteiger partial charge in [-0.1, -0.05) is 13.8 Å². The molecule has 1 unspecified atom stereocenters. The van der Waals surface area contributed by atoms with Crippen molar-refractivity contribution in [2.75, 3.05) is 31.1 Å². The van der Waals surface area contributed by atoms with Gasteiger partial charge in [0.1, 0.15) is 0 Å². The Kier molecular flexibility index (Phi) is 5.78. The fourth-order valence-electron chi connectivity index (χ4n) is 2.64. The van der Waals surface area contributed by atoms with Gasteiger partial charge >= 0.3 is 0 Å². The summed E-state index contributed by atoms with van der Waals surface area (Å²) < 4.78 is 14.7. The number of anilines is 1. The molecule has 1 saturated heterocycles. The third kappa shape index (κ3) is 4.42. The first-order chi connectivity index (χ1) is 9.56. The minimum absolute atomic E-state index is 0.241. The number of rotatable bonds is 5. The van der Waals surface area contributed by atoms with Gasteiger partial charge in [-0.15, -0.1) is 0 Å². The van der Waals surface area contributed by atoms with Gasteiger partial charge in [0.15, 0.2) is 11.6 Å². The van der Waals surface area contributed by atoms with Crippen LogP contribution in [0.15, 0.2) is 16.7 Å². The van der Waals surface area contributed by atoms with Gasteiger partial charge in [0, 0.05) is 23.8 Å². The first-order valence-corrected chi connectivity index (χ1v) is 8.12. The summed E-state index contributed by atoms with van der Waals surface area (Å²) in [5.41, 5.74) is 0. The number of nitrogens with one attached hydrogen (secondary N) is 1. The topological polar surface area (TPSA) is 28.2 Å². The molecule has 0 bridgehead atoms. The van der Waals surface area contributed by atoms with Crippen molar-refractivity contribution in [1.29, 1.82) is 0 Å². The Bertz CT molecular complexity index is 439. The third-order valence-corrected chi connectivity index (χ3v) is 4.03. The number of pyridine rings is 1. The summed E-state index contributed by atoms with van der Waals surface area (Å²) in [6.45, 7) is 8.25. The molecule has 20 heavy (non-hydrogen) atoms. The van der Waals surface area contributed by atoms with Crippen LogP contribution in [0.3, 0.4) is 0 Å². The van der Waals surface area contributed by atoms with E-state index in [-0.39, 0.29) is 5.82 Å². The van der Waals surface area contributed by atoms with Gasteiger partial charge in [0.25, 0.3) is 0 Å². The molecule has 0 spiro atoms. The van der Waals surface area contributed by atoms with E-state index in [1.807, 2.05) is 0 Å². The molecule has 0 amide bonds. The zero-order valence-electron chi connectivity index (χ0n) is 12.2. The van der Waals surface area contributed by atoms with E-state index in [0.29, 0.717) is 22.1 Å². The molecule has 3 nitrogen and oxygen atoms in total. The number of hydrogen-bond donors (Lipinski definition) is 1. The molecular formula is C15H23BrFN3. The minimum Gasteiger partial charge on any atom is -0.354 e. The van der Waals surface area contributed by atoms with E-state index in [1.165, 1.54) is 12.5 Å². The van der Waals surface area contributed by atoms with Crippen molar-refractivity contribution in [2.45, 2.75) is 26.7 Å². The summed E-state index contributed by atoms with van der Waals surface area (Å²) in [5, 5.41) is 3.50. The highest BCUT2D eigenvalue weighted by molar-refractivity contribution is 9.10. The molecule has 1 N–H and O–H groups in total. The second-order valence-electron chi connectivity index (χ2n) is 5.97. The summed E-state index contributed by atoms with van der Waals surface area (Å²) in [5.74, 6) is 1.49. The Balaban J connectivity index is 1.92. The van der Waals surface area contributed by atoms with Crippen molar-refractivity contribution in [3.8, 4) is 0 Å². The van der Waals surface area contributed by atoms with Crippen molar-refractivity contribution in [3.63, 3.8) is 0 Å². The van der Waals surface area contributed by atoms with Crippen LogP contribution in [0.4, 0.5) is 10.2 Å². The van der Waals surface area contributed by atoms with E-state index in [2.05, 4.69) is 45.0 Å². The Morgan fingerprint density at radius 3 is 3.05 bits per heavy atom. The van der Waals surface area contributed by atoms with Gasteiger partial charge in [-0.3, -0.25) is 0 Å². The minimum atomic E-state index is -0.241. The summed E-state index contributed by atoms with van der Waals surface area (Å²) in [4.78, 5) is 6.30. The Morgan fingerprint density at radius 1 is 1.55 bits per heavy atom. The summed E-state index contributed by atoms with van der Waals surface area (Å²) >= 11 is 3.25. The molecule has 5 heteroatoms. The van der Waals surface area contributed by atoms with Crippen molar-refractivity contribution in [1.82, 2.24) is 10.3 Å². The van der Waals surface area contributed by atoms with Crippen LogP contribution >= 0.6 is 15.9 Å². The van der Waals surface area contributed by atoms with Crippen LogP contribution in [-0.2, 0) is 0 Å². The van der Waals surface area contributed by atoms with Crippen LogP contribution in [0.5, 0.6) is 0 Å². The second-order valence-corrected chi connectivity index (χ2v) is 6.88. The van der Waals surface area contributed by atoms with Gasteiger partial charge in [-0.25, -0.2) is 9.37 Å². The van der Waals surface area contributed by atoms with Crippen molar-refractivity contribution >= 4 is 21.7 Å². The molecule has 112 valence electrons. The maximum atomic E-state index is 14.0. The summed E-state index contributed by atoms with van der Waals surface area (Å²) in [6, 6.07) is 1.49. The van der Waals surface area contributed by atoms with Crippen molar-refractivity contribution < 1.29 is 4.39 Å². The molecule has 1 aromatic heterocycles. The standard InChI is InChI=1S/C15H23BrFN3/c1-11(2)7-18-8-12-4-3-5-20(10-12)15-14(17)6-13(16)9-19-15/h6,9,11-12,18H,3-5,7-8,10H2,1-2H3. The van der Waals surface area contributed by atoms with Gasteiger partial charge in [0.2, 0.25) is 0 Å². The lowest BCUT2D eigenvalue weighted by Gasteiger charge is -2.34. The van der Waals surface area contributed by atoms with Crippen LogP contribution in [0, 0.1) is 17.7 Å².